The van der Waals surface area contributed by atoms with Crippen molar-refractivity contribution in [3.05, 3.63) is 35.4 Å². The maximum Gasteiger partial charge on any atom is 0.0719 e. The molecule has 0 heterocycles. The number of ether oxygens (including phenoxy) is 2. The van der Waals surface area contributed by atoms with E-state index in [9.17, 15) is 0 Å². The van der Waals surface area contributed by atoms with E-state index in [1.807, 2.05) is 0 Å². The molecule has 1 rings (SSSR count). The van der Waals surface area contributed by atoms with Gasteiger partial charge in [-0.3, -0.25) is 0 Å². The summed E-state index contributed by atoms with van der Waals surface area (Å²) < 4.78 is 10.7. The molecule has 0 saturated carbocycles. The van der Waals surface area contributed by atoms with Crippen LogP contribution in [0.1, 0.15) is 31.4 Å². The molecule has 1 aromatic rings. The first-order chi connectivity index (χ1) is 9.24. The summed E-state index contributed by atoms with van der Waals surface area (Å²) in [6.45, 7) is 7.57. The van der Waals surface area contributed by atoms with Gasteiger partial charge in [-0.15, -0.1) is 0 Å². The molecule has 0 fully saturated rings. The summed E-state index contributed by atoms with van der Waals surface area (Å²) >= 11 is 0. The fraction of sp³-hybridized carbons (Fsp3) is 0.625. The normalized spacial score (nSPS) is 11.2. The SMILES string of the molecule is COCCCOCc1ccccc1CCNC(C)C. The lowest BCUT2D eigenvalue weighted by Gasteiger charge is -2.12. The fourth-order valence-electron chi connectivity index (χ4n) is 1.93. The minimum absolute atomic E-state index is 0.539. The number of methoxy groups -OCH3 is 1. The van der Waals surface area contributed by atoms with E-state index < -0.39 is 0 Å². The monoisotopic (exact) mass is 265 g/mol. The molecule has 0 aliphatic heterocycles. The second kappa shape index (κ2) is 9.96. The molecule has 1 N–H and O–H groups in total. The topological polar surface area (TPSA) is 30.5 Å². The van der Waals surface area contributed by atoms with Gasteiger partial charge in [-0.05, 0) is 30.5 Å². The summed E-state index contributed by atoms with van der Waals surface area (Å²) in [7, 11) is 1.72. The summed E-state index contributed by atoms with van der Waals surface area (Å²) in [5, 5.41) is 3.45. The van der Waals surface area contributed by atoms with Crippen LogP contribution >= 0.6 is 0 Å². The van der Waals surface area contributed by atoms with E-state index in [4.69, 9.17) is 9.47 Å². The molecule has 0 aliphatic rings. The van der Waals surface area contributed by atoms with Gasteiger partial charge in [0.15, 0.2) is 0 Å². The number of hydrogen-bond donors (Lipinski definition) is 1. The van der Waals surface area contributed by atoms with Crippen molar-refractivity contribution in [2.75, 3.05) is 26.9 Å². The van der Waals surface area contributed by atoms with E-state index in [2.05, 4.69) is 43.4 Å². The molecule has 0 aliphatic carbocycles. The van der Waals surface area contributed by atoms with E-state index in [1.54, 1.807) is 7.11 Å². The van der Waals surface area contributed by atoms with E-state index in [0.717, 1.165) is 32.6 Å². The molecule has 1 aromatic carbocycles. The van der Waals surface area contributed by atoms with Crippen molar-refractivity contribution in [2.45, 2.75) is 39.3 Å². The number of nitrogens with one attached hydrogen (secondary N) is 1. The average Bonchev–Trinajstić information content (AvgIpc) is 2.40. The molecule has 108 valence electrons. The summed E-state index contributed by atoms with van der Waals surface area (Å²) in [5.41, 5.74) is 2.67. The Morgan fingerprint density at radius 1 is 1.11 bits per heavy atom. The van der Waals surface area contributed by atoms with Gasteiger partial charge in [0.25, 0.3) is 0 Å². The zero-order chi connectivity index (χ0) is 13.9. The van der Waals surface area contributed by atoms with E-state index in [1.165, 1.54) is 11.1 Å². The van der Waals surface area contributed by atoms with Crippen LogP contribution in [0.5, 0.6) is 0 Å². The van der Waals surface area contributed by atoms with Crippen molar-refractivity contribution in [2.24, 2.45) is 0 Å². The third-order valence-corrected chi connectivity index (χ3v) is 2.96. The van der Waals surface area contributed by atoms with Crippen molar-refractivity contribution in [3.63, 3.8) is 0 Å². The summed E-state index contributed by atoms with van der Waals surface area (Å²) in [6, 6.07) is 9.06. The van der Waals surface area contributed by atoms with Crippen molar-refractivity contribution < 1.29 is 9.47 Å². The van der Waals surface area contributed by atoms with Crippen LogP contribution in [0, 0.1) is 0 Å². The lowest BCUT2D eigenvalue weighted by Crippen LogP contribution is -2.25. The Morgan fingerprint density at radius 2 is 1.84 bits per heavy atom. The Hall–Kier alpha value is -0.900. The molecule has 0 spiro atoms. The van der Waals surface area contributed by atoms with Gasteiger partial charge in [0.2, 0.25) is 0 Å². The molecular formula is C16H27NO2. The first-order valence-corrected chi connectivity index (χ1v) is 7.11. The predicted octanol–water partition coefficient (Wildman–Crippen LogP) is 2.78. The first kappa shape index (κ1) is 16.2. The van der Waals surface area contributed by atoms with E-state index in [0.29, 0.717) is 12.6 Å². The van der Waals surface area contributed by atoms with Crippen molar-refractivity contribution in [1.82, 2.24) is 5.32 Å². The van der Waals surface area contributed by atoms with Crippen LogP contribution in [-0.4, -0.2) is 32.9 Å². The zero-order valence-corrected chi connectivity index (χ0v) is 12.4. The Bertz CT molecular complexity index is 339. The second-order valence-electron chi connectivity index (χ2n) is 5.03. The van der Waals surface area contributed by atoms with Crippen LogP contribution in [0.25, 0.3) is 0 Å². The quantitative estimate of drug-likeness (QED) is 0.660. The van der Waals surface area contributed by atoms with Crippen LogP contribution in [0.3, 0.4) is 0 Å². The fourth-order valence-corrected chi connectivity index (χ4v) is 1.93. The van der Waals surface area contributed by atoms with Crippen molar-refractivity contribution >= 4 is 0 Å². The summed E-state index contributed by atoms with van der Waals surface area (Å²) in [5.74, 6) is 0. The summed E-state index contributed by atoms with van der Waals surface area (Å²) in [6.07, 6.45) is 2.00. The van der Waals surface area contributed by atoms with Crippen LogP contribution < -0.4 is 5.32 Å². The van der Waals surface area contributed by atoms with E-state index in [-0.39, 0.29) is 0 Å². The van der Waals surface area contributed by atoms with Crippen molar-refractivity contribution in [3.8, 4) is 0 Å². The maximum atomic E-state index is 5.69. The number of rotatable bonds is 10. The number of benzene rings is 1. The molecule has 0 amide bonds. The third kappa shape index (κ3) is 7.31. The average molecular weight is 265 g/mol. The van der Waals surface area contributed by atoms with Crippen molar-refractivity contribution in [1.29, 1.82) is 0 Å². The van der Waals surface area contributed by atoms with Crippen LogP contribution in [0.15, 0.2) is 24.3 Å². The van der Waals surface area contributed by atoms with Gasteiger partial charge < -0.3 is 14.8 Å². The van der Waals surface area contributed by atoms with Gasteiger partial charge in [0, 0.05) is 26.4 Å². The second-order valence-corrected chi connectivity index (χ2v) is 5.03. The van der Waals surface area contributed by atoms with Crippen LogP contribution in [0.4, 0.5) is 0 Å². The predicted molar refractivity (Wildman–Crippen MR) is 79.4 cm³/mol. The first-order valence-electron chi connectivity index (χ1n) is 7.11. The molecule has 0 atom stereocenters. The molecule has 0 unspecified atom stereocenters. The highest BCUT2D eigenvalue weighted by atomic mass is 16.5. The molecular weight excluding hydrogens is 238 g/mol. The smallest absolute Gasteiger partial charge is 0.0719 e. The Kier molecular flexibility index (Phi) is 8.47. The Balaban J connectivity index is 2.35. The Labute approximate surface area is 117 Å². The van der Waals surface area contributed by atoms with Gasteiger partial charge in [-0.25, -0.2) is 0 Å². The molecule has 0 saturated heterocycles. The minimum atomic E-state index is 0.539. The van der Waals surface area contributed by atoms with Gasteiger partial charge in [0.05, 0.1) is 6.61 Å². The Morgan fingerprint density at radius 3 is 2.53 bits per heavy atom. The van der Waals surface area contributed by atoms with Crippen LogP contribution in [0.2, 0.25) is 0 Å². The zero-order valence-electron chi connectivity index (χ0n) is 12.4. The lowest BCUT2D eigenvalue weighted by molar-refractivity contribution is 0.0925. The highest BCUT2D eigenvalue weighted by Crippen LogP contribution is 2.11. The van der Waals surface area contributed by atoms with E-state index >= 15 is 0 Å². The van der Waals surface area contributed by atoms with Gasteiger partial charge in [-0.2, -0.15) is 0 Å². The highest BCUT2D eigenvalue weighted by Gasteiger charge is 2.02. The standard InChI is InChI=1S/C16H27NO2/c1-14(2)17-10-9-15-7-4-5-8-16(15)13-19-12-6-11-18-3/h4-5,7-8,14,17H,6,9-13H2,1-3H3. The molecule has 0 radical (unpaired) electrons. The molecule has 0 bridgehead atoms. The lowest BCUT2D eigenvalue weighted by atomic mass is 10.1. The molecule has 19 heavy (non-hydrogen) atoms. The minimum Gasteiger partial charge on any atom is -0.385 e. The third-order valence-electron chi connectivity index (χ3n) is 2.96. The molecule has 3 heteroatoms. The molecule has 3 nitrogen and oxygen atoms in total. The summed E-state index contributed by atoms with van der Waals surface area (Å²) in [4.78, 5) is 0. The highest BCUT2D eigenvalue weighted by molar-refractivity contribution is 5.26. The van der Waals surface area contributed by atoms with Gasteiger partial charge >= 0.3 is 0 Å². The molecule has 0 aromatic heterocycles. The van der Waals surface area contributed by atoms with Gasteiger partial charge in [0.1, 0.15) is 0 Å². The van der Waals surface area contributed by atoms with Gasteiger partial charge in [-0.1, -0.05) is 38.1 Å². The largest absolute Gasteiger partial charge is 0.385 e. The maximum absolute atomic E-state index is 5.69. The number of hydrogen-bond acceptors (Lipinski definition) is 3. The van der Waals surface area contributed by atoms with Crippen LogP contribution in [-0.2, 0) is 22.5 Å².